The third-order valence-electron chi connectivity index (χ3n) is 0.874. The minimum Gasteiger partial charge on any atom is -0.306 e. The average molecular weight is 153 g/mol. The molecule has 0 bridgehead atoms. The van der Waals surface area contributed by atoms with Gasteiger partial charge in [-0.3, -0.25) is 0 Å². The summed E-state index contributed by atoms with van der Waals surface area (Å²) in [6.45, 7) is 9.72. The van der Waals surface area contributed by atoms with Gasteiger partial charge in [-0.1, -0.05) is 26.0 Å². The van der Waals surface area contributed by atoms with E-state index in [4.69, 9.17) is 5.41 Å². The van der Waals surface area contributed by atoms with Crippen LogP contribution in [0.5, 0.6) is 0 Å². The number of rotatable bonds is 2. The van der Waals surface area contributed by atoms with Gasteiger partial charge in [0.25, 0.3) is 0 Å². The Bertz CT molecular complexity index is 152. The minimum absolute atomic E-state index is 0.602. The molecule has 0 aromatic rings. The molecule has 0 radical (unpaired) electrons. The Morgan fingerprint density at radius 2 is 1.64 bits per heavy atom. The summed E-state index contributed by atoms with van der Waals surface area (Å²) < 4.78 is 0. The van der Waals surface area contributed by atoms with E-state index in [9.17, 15) is 0 Å². The van der Waals surface area contributed by atoms with Crippen molar-refractivity contribution in [2.45, 2.75) is 34.6 Å². The summed E-state index contributed by atoms with van der Waals surface area (Å²) in [5.41, 5.74) is 1.73. The minimum atomic E-state index is 0.602. The molecule has 0 aliphatic carbocycles. The van der Waals surface area contributed by atoms with Crippen molar-refractivity contribution in [3.8, 4) is 0 Å². The van der Waals surface area contributed by atoms with Crippen LogP contribution in [0, 0.1) is 5.41 Å². The highest BCUT2D eigenvalue weighted by Gasteiger charge is 1.80. The van der Waals surface area contributed by atoms with Gasteiger partial charge in [-0.05, 0) is 32.4 Å². The molecule has 0 unspecified atom stereocenters. The van der Waals surface area contributed by atoms with Gasteiger partial charge in [0, 0.05) is 5.71 Å². The lowest BCUT2D eigenvalue weighted by Gasteiger charge is -1.87. The molecule has 0 aromatic carbocycles. The van der Waals surface area contributed by atoms with Crippen LogP contribution in [0.2, 0.25) is 0 Å². The molecule has 0 aliphatic rings. The van der Waals surface area contributed by atoms with Crippen LogP contribution in [0.25, 0.3) is 0 Å². The van der Waals surface area contributed by atoms with Crippen molar-refractivity contribution in [2.75, 3.05) is 0 Å². The smallest absolute Gasteiger partial charge is 0.0285 e. The van der Waals surface area contributed by atoms with E-state index in [-0.39, 0.29) is 0 Å². The largest absolute Gasteiger partial charge is 0.306 e. The molecule has 64 valence electrons. The van der Waals surface area contributed by atoms with Gasteiger partial charge < -0.3 is 5.41 Å². The summed E-state index contributed by atoms with van der Waals surface area (Å²) in [4.78, 5) is 0. The van der Waals surface area contributed by atoms with Crippen LogP contribution < -0.4 is 0 Å². The highest BCUT2D eigenvalue weighted by Crippen LogP contribution is 1.93. The summed E-state index contributed by atoms with van der Waals surface area (Å²) in [6, 6.07) is 0. The molecule has 0 spiro atoms. The molecular formula is C10H19N. The van der Waals surface area contributed by atoms with Crippen molar-refractivity contribution in [2.24, 2.45) is 0 Å². The Morgan fingerprint density at radius 3 is 1.91 bits per heavy atom. The molecule has 0 amide bonds. The maximum Gasteiger partial charge on any atom is 0.0285 e. The molecule has 0 aromatic heterocycles. The van der Waals surface area contributed by atoms with Crippen LogP contribution in [0.3, 0.4) is 0 Å². The van der Waals surface area contributed by atoms with Crippen molar-refractivity contribution in [3.05, 3.63) is 23.8 Å². The zero-order chi connectivity index (χ0) is 9.28. The van der Waals surface area contributed by atoms with Crippen LogP contribution in [0.1, 0.15) is 34.6 Å². The lowest BCUT2D eigenvalue weighted by molar-refractivity contribution is 1.45. The molecule has 0 fully saturated rings. The fraction of sp³-hybridized carbons (Fsp3) is 0.500. The van der Waals surface area contributed by atoms with Gasteiger partial charge in [0.05, 0.1) is 0 Å². The Balaban J connectivity index is 0. The van der Waals surface area contributed by atoms with E-state index in [2.05, 4.69) is 0 Å². The normalized spacial score (nSPS) is 10.8. The molecule has 0 saturated heterocycles. The van der Waals surface area contributed by atoms with Crippen LogP contribution in [-0.2, 0) is 0 Å². The van der Waals surface area contributed by atoms with Crippen molar-refractivity contribution < 1.29 is 0 Å². The molecular weight excluding hydrogens is 134 g/mol. The first-order valence-corrected chi connectivity index (χ1v) is 4.03. The maximum absolute atomic E-state index is 7.09. The van der Waals surface area contributed by atoms with Gasteiger partial charge in [0.15, 0.2) is 0 Å². The highest BCUT2D eigenvalue weighted by atomic mass is 14.4. The Morgan fingerprint density at radius 1 is 1.18 bits per heavy atom. The summed E-state index contributed by atoms with van der Waals surface area (Å²) in [5, 5.41) is 7.09. The third kappa shape index (κ3) is 12.4. The molecule has 1 heteroatoms. The Hall–Kier alpha value is -0.850. The van der Waals surface area contributed by atoms with Gasteiger partial charge in [-0.2, -0.15) is 0 Å². The van der Waals surface area contributed by atoms with E-state index < -0.39 is 0 Å². The molecule has 0 saturated carbocycles. The van der Waals surface area contributed by atoms with E-state index >= 15 is 0 Å². The molecule has 0 atom stereocenters. The quantitative estimate of drug-likeness (QED) is 0.463. The van der Waals surface area contributed by atoms with Crippen LogP contribution in [-0.4, -0.2) is 5.71 Å². The summed E-state index contributed by atoms with van der Waals surface area (Å²) in [6.07, 6.45) is 5.78. The number of hydrogen-bond acceptors (Lipinski definition) is 1. The monoisotopic (exact) mass is 153 g/mol. The lowest BCUT2D eigenvalue weighted by atomic mass is 10.2. The fourth-order valence-electron chi connectivity index (χ4n) is 0.653. The second kappa shape index (κ2) is 9.15. The topological polar surface area (TPSA) is 23.9 Å². The van der Waals surface area contributed by atoms with E-state index in [0.717, 1.165) is 5.57 Å². The molecule has 0 heterocycles. The Kier molecular flexibility index (Phi) is 10.6. The maximum atomic E-state index is 7.09. The second-order valence-corrected chi connectivity index (χ2v) is 2.07. The predicted octanol–water partition coefficient (Wildman–Crippen LogP) is 3.57. The first-order chi connectivity index (χ1) is 5.16. The number of hydrogen-bond donors (Lipinski definition) is 1. The molecule has 0 aliphatic heterocycles. The van der Waals surface area contributed by atoms with Gasteiger partial charge in [-0.25, -0.2) is 0 Å². The van der Waals surface area contributed by atoms with Crippen molar-refractivity contribution in [3.63, 3.8) is 0 Å². The summed E-state index contributed by atoms with van der Waals surface area (Å²) in [7, 11) is 0. The highest BCUT2D eigenvalue weighted by molar-refractivity contribution is 5.90. The van der Waals surface area contributed by atoms with Crippen LogP contribution in [0.15, 0.2) is 23.8 Å². The van der Waals surface area contributed by atoms with Crippen LogP contribution >= 0.6 is 0 Å². The van der Waals surface area contributed by atoms with Gasteiger partial charge in [0.1, 0.15) is 0 Å². The molecule has 0 rings (SSSR count). The zero-order valence-electron chi connectivity index (χ0n) is 8.23. The molecule has 11 heavy (non-hydrogen) atoms. The lowest BCUT2D eigenvalue weighted by Crippen LogP contribution is -1.80. The van der Waals surface area contributed by atoms with Crippen LogP contribution in [0.4, 0.5) is 0 Å². The zero-order valence-corrected chi connectivity index (χ0v) is 8.23. The second-order valence-electron chi connectivity index (χ2n) is 2.07. The number of nitrogens with one attached hydrogen (secondary N) is 1. The van der Waals surface area contributed by atoms with E-state index in [1.807, 2.05) is 45.9 Å². The van der Waals surface area contributed by atoms with Gasteiger partial charge in [-0.15, -0.1) is 0 Å². The van der Waals surface area contributed by atoms with Gasteiger partial charge >= 0.3 is 0 Å². The Labute approximate surface area is 70.3 Å². The molecule has 1 N–H and O–H groups in total. The number of allylic oxidation sites excluding steroid dienone is 4. The first kappa shape index (κ1) is 12.8. The standard InChI is InChI=1S/C8H13N.C2H6/c1-4-5-7(2)6-8(3)9;1-2/h4-6,9H,1-3H3;1-2H3/b5-4-,7-6-,9-8?;. The summed E-state index contributed by atoms with van der Waals surface area (Å²) in [5.74, 6) is 0. The first-order valence-electron chi connectivity index (χ1n) is 4.03. The average Bonchev–Trinajstić information content (AvgIpc) is 1.91. The SMILES string of the molecule is C/C=C\C(C)=C/C(C)=N.CC. The van der Waals surface area contributed by atoms with E-state index in [0.29, 0.717) is 5.71 Å². The van der Waals surface area contributed by atoms with Crippen molar-refractivity contribution >= 4 is 5.71 Å². The van der Waals surface area contributed by atoms with E-state index in [1.54, 1.807) is 6.92 Å². The van der Waals surface area contributed by atoms with Crippen molar-refractivity contribution in [1.82, 2.24) is 0 Å². The third-order valence-corrected chi connectivity index (χ3v) is 0.874. The predicted molar refractivity (Wildman–Crippen MR) is 53.3 cm³/mol. The molecule has 1 nitrogen and oxygen atoms in total. The summed E-state index contributed by atoms with van der Waals surface area (Å²) >= 11 is 0. The van der Waals surface area contributed by atoms with E-state index in [1.165, 1.54) is 0 Å². The fourth-order valence-corrected chi connectivity index (χ4v) is 0.653. The van der Waals surface area contributed by atoms with Crippen molar-refractivity contribution in [1.29, 1.82) is 5.41 Å². The van der Waals surface area contributed by atoms with Gasteiger partial charge in [0.2, 0.25) is 0 Å².